The number of halogens is 6. The van der Waals surface area contributed by atoms with Crippen LogP contribution in [-0.4, -0.2) is 4.92 Å². The lowest BCUT2D eigenvalue weighted by atomic mass is 10.1. The molecule has 0 saturated heterocycles. The van der Waals surface area contributed by atoms with Crippen molar-refractivity contribution >= 4 is 17.3 Å². The van der Waals surface area contributed by atoms with E-state index in [0.29, 0.717) is 6.07 Å². The van der Waals surface area contributed by atoms with E-state index < -0.39 is 39.4 Å². The third kappa shape index (κ3) is 2.82. The zero-order valence-electron chi connectivity index (χ0n) is 7.76. The predicted octanol–water partition coefficient (Wildman–Crippen LogP) is 4.20. The zero-order valence-corrected chi connectivity index (χ0v) is 8.52. The highest BCUT2D eigenvalue weighted by atomic mass is 35.5. The van der Waals surface area contributed by atoms with Gasteiger partial charge in [0.25, 0.3) is 12.1 Å². The third-order valence-electron chi connectivity index (χ3n) is 1.83. The topological polar surface area (TPSA) is 43.1 Å². The van der Waals surface area contributed by atoms with Gasteiger partial charge in [-0.3, -0.25) is 10.1 Å². The summed E-state index contributed by atoms with van der Waals surface area (Å²) in [5.74, 6) is 0. The lowest BCUT2D eigenvalue weighted by Gasteiger charge is -2.11. The second-order valence-electron chi connectivity index (χ2n) is 2.95. The first kappa shape index (κ1) is 13.6. The molecule has 9 heteroatoms. The molecule has 94 valence electrons. The Kier molecular flexibility index (Phi) is 3.56. The highest BCUT2D eigenvalue weighted by Gasteiger charge is 2.41. The summed E-state index contributed by atoms with van der Waals surface area (Å²) in [5.41, 5.74) is -4.81. The van der Waals surface area contributed by atoms with Gasteiger partial charge in [0, 0.05) is 5.02 Å². The van der Waals surface area contributed by atoms with E-state index in [0.717, 1.165) is 0 Å². The highest BCUT2D eigenvalue weighted by Crippen LogP contribution is 2.42. The molecule has 17 heavy (non-hydrogen) atoms. The maximum absolute atomic E-state index is 12.4. The van der Waals surface area contributed by atoms with Crippen molar-refractivity contribution in [3.63, 3.8) is 0 Å². The predicted molar refractivity (Wildman–Crippen MR) is 48.1 cm³/mol. The molecule has 0 aromatic heterocycles. The number of nitro benzene ring substituents is 1. The number of benzene rings is 1. The quantitative estimate of drug-likeness (QED) is 0.461. The highest BCUT2D eigenvalue weighted by molar-refractivity contribution is 6.30. The first-order chi connectivity index (χ1) is 7.64. The minimum absolute atomic E-state index is 0.242. The fraction of sp³-hybridized carbons (Fsp3) is 0.250. The lowest BCUT2D eigenvalue weighted by molar-refractivity contribution is -0.389. The molecule has 1 aromatic carbocycles. The van der Waals surface area contributed by atoms with Crippen molar-refractivity contribution in [2.75, 3.05) is 0 Å². The van der Waals surface area contributed by atoms with Crippen LogP contribution in [0.1, 0.15) is 17.6 Å². The Morgan fingerprint density at radius 2 is 1.82 bits per heavy atom. The van der Waals surface area contributed by atoms with Crippen LogP contribution in [-0.2, 0) is 6.18 Å². The number of alkyl halides is 5. The van der Waals surface area contributed by atoms with Crippen LogP contribution in [0.25, 0.3) is 0 Å². The fourth-order valence-corrected chi connectivity index (χ4v) is 1.43. The third-order valence-corrected chi connectivity index (χ3v) is 2.05. The Morgan fingerprint density at radius 3 is 2.18 bits per heavy atom. The second-order valence-corrected chi connectivity index (χ2v) is 3.38. The molecule has 0 bridgehead atoms. The van der Waals surface area contributed by atoms with Gasteiger partial charge >= 0.3 is 6.18 Å². The maximum atomic E-state index is 12.4. The summed E-state index contributed by atoms with van der Waals surface area (Å²) in [6.45, 7) is 0. The number of hydrogen-bond acceptors (Lipinski definition) is 2. The van der Waals surface area contributed by atoms with Gasteiger partial charge in [0.05, 0.1) is 10.5 Å². The Morgan fingerprint density at radius 1 is 1.29 bits per heavy atom. The number of nitro groups is 1. The second kappa shape index (κ2) is 4.44. The fourth-order valence-electron chi connectivity index (χ4n) is 1.21. The van der Waals surface area contributed by atoms with E-state index in [1.807, 2.05) is 0 Å². The largest absolute Gasteiger partial charge is 0.423 e. The first-order valence-electron chi connectivity index (χ1n) is 3.97. The van der Waals surface area contributed by atoms with Gasteiger partial charge in [0.1, 0.15) is 5.56 Å². The molecular weight excluding hydrogens is 273 g/mol. The Balaban J connectivity index is 3.64. The molecule has 0 amide bonds. The van der Waals surface area contributed by atoms with Crippen LogP contribution in [0.4, 0.5) is 27.6 Å². The van der Waals surface area contributed by atoms with Crippen molar-refractivity contribution in [1.29, 1.82) is 0 Å². The Bertz CT molecular complexity index is 460. The van der Waals surface area contributed by atoms with E-state index in [2.05, 4.69) is 0 Å². The van der Waals surface area contributed by atoms with Gasteiger partial charge in [-0.25, -0.2) is 8.78 Å². The summed E-state index contributed by atoms with van der Waals surface area (Å²) in [6, 6.07) is 0.686. The molecule has 0 aliphatic heterocycles. The van der Waals surface area contributed by atoms with E-state index in [-0.39, 0.29) is 6.07 Å². The van der Waals surface area contributed by atoms with Crippen molar-refractivity contribution in [2.45, 2.75) is 12.6 Å². The average Bonchev–Trinajstić information content (AvgIpc) is 2.14. The number of rotatable bonds is 2. The number of nitrogens with zero attached hydrogens (tertiary/aromatic N) is 1. The minimum atomic E-state index is -5.13. The minimum Gasteiger partial charge on any atom is -0.258 e. The van der Waals surface area contributed by atoms with Crippen LogP contribution >= 0.6 is 11.6 Å². The maximum Gasteiger partial charge on any atom is 0.423 e. The van der Waals surface area contributed by atoms with Crippen molar-refractivity contribution in [1.82, 2.24) is 0 Å². The molecule has 3 nitrogen and oxygen atoms in total. The average molecular weight is 276 g/mol. The standard InChI is InChI=1S/C8H3ClF5NO2/c9-3-1-4(7(10)11)6(15(16)17)5(2-3)8(12,13)14/h1-2,7H. The SMILES string of the molecule is O=[N+]([O-])c1c(C(F)F)cc(Cl)cc1C(F)(F)F. The van der Waals surface area contributed by atoms with Gasteiger partial charge in [-0.1, -0.05) is 11.6 Å². The Hall–Kier alpha value is -1.44. The lowest BCUT2D eigenvalue weighted by Crippen LogP contribution is -2.11. The molecule has 1 aromatic rings. The molecule has 0 N–H and O–H groups in total. The molecule has 0 atom stereocenters. The van der Waals surface area contributed by atoms with E-state index in [9.17, 15) is 32.1 Å². The van der Waals surface area contributed by atoms with Crippen molar-refractivity contribution < 1.29 is 26.9 Å². The van der Waals surface area contributed by atoms with Crippen LogP contribution < -0.4 is 0 Å². The molecule has 0 saturated carbocycles. The number of hydrogen-bond donors (Lipinski definition) is 0. The van der Waals surface area contributed by atoms with Crippen LogP contribution in [0.2, 0.25) is 5.02 Å². The molecule has 0 unspecified atom stereocenters. The van der Waals surface area contributed by atoms with Crippen LogP contribution in [0, 0.1) is 10.1 Å². The molecule has 0 aliphatic carbocycles. The van der Waals surface area contributed by atoms with Gasteiger partial charge in [0.15, 0.2) is 0 Å². The van der Waals surface area contributed by atoms with Crippen molar-refractivity contribution in [3.05, 3.63) is 38.4 Å². The monoisotopic (exact) mass is 275 g/mol. The molecule has 1 rings (SSSR count). The van der Waals surface area contributed by atoms with E-state index in [1.54, 1.807) is 0 Å². The normalized spacial score (nSPS) is 11.9. The summed E-state index contributed by atoms with van der Waals surface area (Å²) < 4.78 is 62.1. The van der Waals surface area contributed by atoms with Gasteiger partial charge in [0.2, 0.25) is 0 Å². The molecule has 0 radical (unpaired) electrons. The van der Waals surface area contributed by atoms with Crippen LogP contribution in [0.3, 0.4) is 0 Å². The first-order valence-corrected chi connectivity index (χ1v) is 4.35. The molecular formula is C8H3ClF5NO2. The summed E-state index contributed by atoms with van der Waals surface area (Å²) in [4.78, 5) is 8.93. The van der Waals surface area contributed by atoms with E-state index >= 15 is 0 Å². The van der Waals surface area contributed by atoms with Crippen molar-refractivity contribution in [3.8, 4) is 0 Å². The van der Waals surface area contributed by atoms with Crippen LogP contribution in [0.5, 0.6) is 0 Å². The van der Waals surface area contributed by atoms with Crippen molar-refractivity contribution in [2.24, 2.45) is 0 Å². The summed E-state index contributed by atoms with van der Waals surface area (Å²) in [5, 5.41) is 9.79. The van der Waals surface area contributed by atoms with Gasteiger partial charge < -0.3 is 0 Å². The van der Waals surface area contributed by atoms with Gasteiger partial charge in [-0.15, -0.1) is 0 Å². The molecule has 0 heterocycles. The smallest absolute Gasteiger partial charge is 0.258 e. The van der Waals surface area contributed by atoms with Crippen LogP contribution in [0.15, 0.2) is 12.1 Å². The molecule has 0 spiro atoms. The van der Waals surface area contributed by atoms with Gasteiger partial charge in [-0.2, -0.15) is 13.2 Å². The Labute approximate surface area is 95.9 Å². The molecule has 0 fully saturated rings. The summed E-state index contributed by atoms with van der Waals surface area (Å²) >= 11 is 5.22. The summed E-state index contributed by atoms with van der Waals surface area (Å²) in [6.07, 6.45) is -8.55. The van der Waals surface area contributed by atoms with Gasteiger partial charge in [-0.05, 0) is 12.1 Å². The van der Waals surface area contributed by atoms with E-state index in [4.69, 9.17) is 11.6 Å². The van der Waals surface area contributed by atoms with E-state index in [1.165, 1.54) is 0 Å². The molecule has 0 aliphatic rings. The summed E-state index contributed by atoms with van der Waals surface area (Å²) in [7, 11) is 0. The zero-order chi connectivity index (χ0) is 13.4.